The third-order valence-corrected chi connectivity index (χ3v) is 2.30. The van der Waals surface area contributed by atoms with Crippen LogP contribution < -0.4 is 10.1 Å². The first-order valence-electron chi connectivity index (χ1n) is 5.30. The van der Waals surface area contributed by atoms with Crippen LogP contribution in [0.2, 0.25) is 0 Å². The fourth-order valence-corrected chi connectivity index (χ4v) is 1.35. The standard InChI is InChI=1S/C10H14N6O/c1-3-16-7-14-15-9(16)6-13-10-11-4-8(17-2)5-12-10/h4-5,7H,3,6H2,1-2H3,(H,11,12,13). The molecular formula is C10H14N6O. The Morgan fingerprint density at radius 1 is 1.35 bits per heavy atom. The van der Waals surface area contributed by atoms with Crippen molar-refractivity contribution in [3.8, 4) is 5.75 Å². The highest BCUT2D eigenvalue weighted by molar-refractivity contribution is 5.27. The molecule has 7 heteroatoms. The predicted octanol–water partition coefficient (Wildman–Crippen LogP) is 0.709. The molecule has 0 bridgehead atoms. The molecule has 0 aliphatic rings. The summed E-state index contributed by atoms with van der Waals surface area (Å²) in [5.41, 5.74) is 0. The minimum Gasteiger partial charge on any atom is -0.494 e. The van der Waals surface area contributed by atoms with Crippen LogP contribution in [0.4, 0.5) is 5.95 Å². The molecule has 0 atom stereocenters. The van der Waals surface area contributed by atoms with Gasteiger partial charge in [-0.15, -0.1) is 10.2 Å². The summed E-state index contributed by atoms with van der Waals surface area (Å²) in [5.74, 6) is 2.02. The largest absolute Gasteiger partial charge is 0.494 e. The SMILES string of the molecule is CCn1cnnc1CNc1ncc(OC)cn1. The number of rotatable bonds is 5. The number of anilines is 1. The molecule has 0 radical (unpaired) electrons. The van der Waals surface area contributed by atoms with Gasteiger partial charge in [-0.25, -0.2) is 9.97 Å². The van der Waals surface area contributed by atoms with E-state index in [1.165, 1.54) is 0 Å². The summed E-state index contributed by atoms with van der Waals surface area (Å²) in [7, 11) is 1.58. The summed E-state index contributed by atoms with van der Waals surface area (Å²) in [4.78, 5) is 8.20. The van der Waals surface area contributed by atoms with E-state index < -0.39 is 0 Å². The van der Waals surface area contributed by atoms with Crippen LogP contribution in [0.25, 0.3) is 0 Å². The van der Waals surface area contributed by atoms with Gasteiger partial charge in [0.1, 0.15) is 6.33 Å². The van der Waals surface area contributed by atoms with E-state index in [0.29, 0.717) is 18.2 Å². The van der Waals surface area contributed by atoms with Crippen LogP contribution in [-0.4, -0.2) is 31.8 Å². The highest BCUT2D eigenvalue weighted by atomic mass is 16.5. The van der Waals surface area contributed by atoms with Crippen LogP contribution in [0.1, 0.15) is 12.7 Å². The molecule has 0 aliphatic heterocycles. The maximum atomic E-state index is 4.98. The predicted molar refractivity (Wildman–Crippen MR) is 61.6 cm³/mol. The number of hydrogen-bond donors (Lipinski definition) is 1. The molecule has 0 saturated carbocycles. The van der Waals surface area contributed by atoms with Gasteiger partial charge in [-0.05, 0) is 6.92 Å². The van der Waals surface area contributed by atoms with E-state index in [4.69, 9.17) is 4.74 Å². The molecule has 2 heterocycles. The Morgan fingerprint density at radius 2 is 2.12 bits per heavy atom. The van der Waals surface area contributed by atoms with Gasteiger partial charge >= 0.3 is 0 Å². The van der Waals surface area contributed by atoms with Gasteiger partial charge < -0.3 is 14.6 Å². The Bertz CT molecular complexity index is 466. The van der Waals surface area contributed by atoms with Crippen LogP contribution in [0.3, 0.4) is 0 Å². The molecule has 17 heavy (non-hydrogen) atoms. The number of aromatic nitrogens is 5. The van der Waals surface area contributed by atoms with E-state index in [2.05, 4.69) is 25.5 Å². The van der Waals surface area contributed by atoms with Gasteiger partial charge in [0, 0.05) is 6.54 Å². The zero-order valence-corrected chi connectivity index (χ0v) is 9.79. The number of ether oxygens (including phenoxy) is 1. The lowest BCUT2D eigenvalue weighted by Crippen LogP contribution is -2.09. The fraction of sp³-hybridized carbons (Fsp3) is 0.400. The van der Waals surface area contributed by atoms with Crippen molar-refractivity contribution in [3.05, 3.63) is 24.5 Å². The van der Waals surface area contributed by atoms with Crippen LogP contribution >= 0.6 is 0 Å². The highest BCUT2D eigenvalue weighted by Gasteiger charge is 2.03. The zero-order chi connectivity index (χ0) is 12.1. The summed E-state index contributed by atoms with van der Waals surface area (Å²) in [5, 5.41) is 10.9. The normalized spacial score (nSPS) is 10.2. The van der Waals surface area contributed by atoms with E-state index >= 15 is 0 Å². The van der Waals surface area contributed by atoms with E-state index in [0.717, 1.165) is 12.4 Å². The Labute approximate surface area is 98.9 Å². The van der Waals surface area contributed by atoms with Crippen molar-refractivity contribution in [3.63, 3.8) is 0 Å². The smallest absolute Gasteiger partial charge is 0.223 e. The summed E-state index contributed by atoms with van der Waals surface area (Å²) < 4.78 is 6.93. The van der Waals surface area contributed by atoms with Crippen LogP contribution in [-0.2, 0) is 13.1 Å². The van der Waals surface area contributed by atoms with Gasteiger partial charge in [0.05, 0.1) is 26.0 Å². The quantitative estimate of drug-likeness (QED) is 0.820. The van der Waals surface area contributed by atoms with Crippen molar-refractivity contribution in [1.29, 1.82) is 0 Å². The molecule has 1 N–H and O–H groups in total. The second kappa shape index (κ2) is 5.24. The van der Waals surface area contributed by atoms with Crippen molar-refractivity contribution in [1.82, 2.24) is 24.7 Å². The third kappa shape index (κ3) is 2.68. The third-order valence-electron chi connectivity index (χ3n) is 2.30. The molecule has 90 valence electrons. The van der Waals surface area contributed by atoms with Crippen molar-refractivity contribution in [2.45, 2.75) is 20.0 Å². The summed E-state index contributed by atoms with van der Waals surface area (Å²) in [6, 6.07) is 0. The maximum absolute atomic E-state index is 4.98. The van der Waals surface area contributed by atoms with Gasteiger partial charge in [-0.2, -0.15) is 0 Å². The lowest BCUT2D eigenvalue weighted by molar-refractivity contribution is 0.411. The van der Waals surface area contributed by atoms with Crippen LogP contribution in [0, 0.1) is 0 Å². The molecule has 0 aliphatic carbocycles. The minimum absolute atomic E-state index is 0.538. The second-order valence-electron chi connectivity index (χ2n) is 3.33. The fourth-order valence-electron chi connectivity index (χ4n) is 1.35. The summed E-state index contributed by atoms with van der Waals surface area (Å²) in [6.07, 6.45) is 4.92. The Kier molecular flexibility index (Phi) is 3.49. The molecule has 0 amide bonds. The van der Waals surface area contributed by atoms with Crippen molar-refractivity contribution < 1.29 is 4.74 Å². The van der Waals surface area contributed by atoms with E-state index in [-0.39, 0.29) is 0 Å². The Balaban J connectivity index is 1.97. The number of nitrogens with one attached hydrogen (secondary N) is 1. The molecule has 2 rings (SSSR count). The highest BCUT2D eigenvalue weighted by Crippen LogP contribution is 2.07. The van der Waals surface area contributed by atoms with E-state index in [1.54, 1.807) is 25.8 Å². The Hall–Kier alpha value is -2.18. The first-order chi connectivity index (χ1) is 8.33. The first-order valence-corrected chi connectivity index (χ1v) is 5.30. The Morgan fingerprint density at radius 3 is 2.76 bits per heavy atom. The lowest BCUT2D eigenvalue weighted by Gasteiger charge is -2.05. The first kappa shape index (κ1) is 11.3. The molecule has 0 saturated heterocycles. The number of methoxy groups -OCH3 is 1. The molecule has 0 aromatic carbocycles. The van der Waals surface area contributed by atoms with E-state index in [9.17, 15) is 0 Å². The number of aryl methyl sites for hydroxylation is 1. The van der Waals surface area contributed by atoms with Crippen LogP contribution in [0.5, 0.6) is 5.75 Å². The molecule has 2 aromatic heterocycles. The molecule has 0 fully saturated rings. The molecule has 0 unspecified atom stereocenters. The lowest BCUT2D eigenvalue weighted by atomic mass is 10.5. The molecular weight excluding hydrogens is 220 g/mol. The second-order valence-corrected chi connectivity index (χ2v) is 3.33. The number of nitrogens with zero attached hydrogens (tertiary/aromatic N) is 5. The van der Waals surface area contributed by atoms with Crippen LogP contribution in [0.15, 0.2) is 18.7 Å². The molecule has 0 spiro atoms. The minimum atomic E-state index is 0.538. The maximum Gasteiger partial charge on any atom is 0.223 e. The van der Waals surface area contributed by atoms with Gasteiger partial charge in [-0.1, -0.05) is 0 Å². The number of hydrogen-bond acceptors (Lipinski definition) is 6. The monoisotopic (exact) mass is 234 g/mol. The van der Waals surface area contributed by atoms with Crippen molar-refractivity contribution >= 4 is 5.95 Å². The summed E-state index contributed by atoms with van der Waals surface area (Å²) in [6.45, 7) is 3.42. The molecule has 2 aromatic rings. The van der Waals surface area contributed by atoms with Gasteiger partial charge in [-0.3, -0.25) is 0 Å². The average molecular weight is 234 g/mol. The topological polar surface area (TPSA) is 77.8 Å². The zero-order valence-electron chi connectivity index (χ0n) is 9.79. The van der Waals surface area contributed by atoms with Gasteiger partial charge in [0.25, 0.3) is 0 Å². The van der Waals surface area contributed by atoms with Gasteiger partial charge in [0.2, 0.25) is 5.95 Å². The van der Waals surface area contributed by atoms with E-state index in [1.807, 2.05) is 11.5 Å². The van der Waals surface area contributed by atoms with Crippen molar-refractivity contribution in [2.75, 3.05) is 12.4 Å². The summed E-state index contributed by atoms with van der Waals surface area (Å²) >= 11 is 0. The van der Waals surface area contributed by atoms with Gasteiger partial charge in [0.15, 0.2) is 11.6 Å². The average Bonchev–Trinajstić information content (AvgIpc) is 2.84. The van der Waals surface area contributed by atoms with Crippen molar-refractivity contribution in [2.24, 2.45) is 0 Å². The molecule has 7 nitrogen and oxygen atoms in total.